The molecule has 2 aliphatic rings. The lowest BCUT2D eigenvalue weighted by Crippen LogP contribution is -2.60. The Kier molecular flexibility index (Phi) is 5.30. The second-order valence-corrected chi connectivity index (χ2v) is 8.04. The van der Waals surface area contributed by atoms with E-state index in [0.29, 0.717) is 31.1 Å². The number of nitrogens with zero attached hydrogens (tertiary/aromatic N) is 3. The number of H-pyrrole nitrogens is 1. The van der Waals surface area contributed by atoms with Gasteiger partial charge in [0.2, 0.25) is 5.91 Å². The lowest BCUT2D eigenvalue weighted by molar-refractivity contribution is -0.136. The van der Waals surface area contributed by atoms with E-state index in [1.165, 1.54) is 0 Å². The number of carbonyl (C=O) groups is 2. The van der Waals surface area contributed by atoms with Gasteiger partial charge in [-0.3, -0.25) is 14.7 Å². The fourth-order valence-electron chi connectivity index (χ4n) is 4.09. The summed E-state index contributed by atoms with van der Waals surface area (Å²) in [5.74, 6) is 1.24. The number of aromatic amines is 1. The van der Waals surface area contributed by atoms with Crippen LogP contribution in [0.4, 0.5) is 0 Å². The molecule has 1 saturated heterocycles. The van der Waals surface area contributed by atoms with E-state index < -0.39 is 0 Å². The van der Waals surface area contributed by atoms with Gasteiger partial charge in [-0.15, -0.1) is 0 Å². The van der Waals surface area contributed by atoms with Gasteiger partial charge in [0.1, 0.15) is 11.4 Å². The third-order valence-corrected chi connectivity index (χ3v) is 6.21. The van der Waals surface area contributed by atoms with Crippen molar-refractivity contribution in [2.24, 2.45) is 0 Å². The molecule has 1 aromatic heterocycles. The Labute approximate surface area is 171 Å². The summed E-state index contributed by atoms with van der Waals surface area (Å²) in [4.78, 5) is 29.7. The molecule has 0 spiro atoms. The molecule has 2 amide bonds. The van der Waals surface area contributed by atoms with Crippen LogP contribution in [-0.4, -0.2) is 64.1 Å². The number of aromatic nitrogens is 2. The van der Waals surface area contributed by atoms with E-state index in [1.807, 2.05) is 54.0 Å². The molecule has 7 nitrogen and oxygen atoms in total. The van der Waals surface area contributed by atoms with E-state index in [0.717, 1.165) is 29.8 Å². The minimum absolute atomic E-state index is 0.0525. The van der Waals surface area contributed by atoms with Crippen LogP contribution in [0, 0.1) is 0 Å². The van der Waals surface area contributed by atoms with E-state index in [-0.39, 0.29) is 23.9 Å². The molecule has 0 radical (unpaired) electrons. The molecule has 0 unspecified atom stereocenters. The summed E-state index contributed by atoms with van der Waals surface area (Å²) in [6, 6.07) is 9.32. The Balaban J connectivity index is 1.42. The molecular weight excluding hydrogens is 368 g/mol. The lowest BCUT2D eigenvalue weighted by atomic mass is 10.0. The van der Waals surface area contributed by atoms with Crippen LogP contribution in [0.15, 0.2) is 30.3 Å². The van der Waals surface area contributed by atoms with Gasteiger partial charge >= 0.3 is 0 Å². The summed E-state index contributed by atoms with van der Waals surface area (Å²) in [7, 11) is 1.61. The molecule has 0 bridgehead atoms. The summed E-state index contributed by atoms with van der Waals surface area (Å²) < 4.78 is 5.37. The summed E-state index contributed by atoms with van der Waals surface area (Å²) in [6.45, 7) is 5.03. The number of ether oxygens (including phenoxy) is 1. The van der Waals surface area contributed by atoms with Crippen molar-refractivity contribution < 1.29 is 14.3 Å². The third-order valence-electron chi connectivity index (χ3n) is 6.21. The van der Waals surface area contributed by atoms with Crippen LogP contribution in [0.2, 0.25) is 0 Å². The largest absolute Gasteiger partial charge is 0.496 e. The van der Waals surface area contributed by atoms with Gasteiger partial charge < -0.3 is 14.5 Å². The molecule has 1 aromatic carbocycles. The Hall–Kier alpha value is -2.83. The van der Waals surface area contributed by atoms with Gasteiger partial charge in [-0.2, -0.15) is 5.10 Å². The maximum atomic E-state index is 13.0. The molecular formula is C22H28N4O3. The number of hydrogen-bond donors (Lipinski definition) is 1. The third kappa shape index (κ3) is 3.86. The van der Waals surface area contributed by atoms with Crippen molar-refractivity contribution >= 4 is 11.8 Å². The first-order valence-corrected chi connectivity index (χ1v) is 10.3. The van der Waals surface area contributed by atoms with Crippen LogP contribution >= 0.6 is 0 Å². The lowest BCUT2D eigenvalue weighted by Gasteiger charge is -2.44. The van der Waals surface area contributed by atoms with Crippen LogP contribution in [-0.2, 0) is 11.2 Å². The highest BCUT2D eigenvalue weighted by molar-refractivity contribution is 5.93. The summed E-state index contributed by atoms with van der Waals surface area (Å²) in [6.07, 6.45) is 2.62. The number of carbonyl (C=O) groups excluding carboxylic acids is 2. The zero-order valence-corrected chi connectivity index (χ0v) is 17.2. The zero-order valence-electron chi connectivity index (χ0n) is 17.2. The molecule has 7 heteroatoms. The van der Waals surface area contributed by atoms with Crippen molar-refractivity contribution in [1.82, 2.24) is 20.0 Å². The Morgan fingerprint density at radius 3 is 2.55 bits per heavy atom. The average Bonchev–Trinajstić information content (AvgIpc) is 3.46. The second kappa shape index (κ2) is 7.89. The van der Waals surface area contributed by atoms with Crippen LogP contribution in [0.5, 0.6) is 5.75 Å². The number of piperazine rings is 1. The summed E-state index contributed by atoms with van der Waals surface area (Å²) >= 11 is 0. The standard InChI is InChI=1S/C22H28N4O3/c1-14-15(2)26(22(28)19-13-18(23-24-19)16-8-9-16)11-10-25(14)21(27)12-17-6-4-5-7-20(17)29-3/h4-7,13-16H,8-12H2,1-3H3,(H,23,24)/t14-,15+/m1/s1. The molecule has 4 rings (SSSR count). The van der Waals surface area contributed by atoms with Gasteiger partial charge in [0.25, 0.3) is 5.91 Å². The van der Waals surface area contributed by atoms with Gasteiger partial charge in [0, 0.05) is 42.3 Å². The first kappa shape index (κ1) is 19.5. The normalized spacial score (nSPS) is 21.9. The molecule has 2 heterocycles. The first-order valence-electron chi connectivity index (χ1n) is 10.3. The van der Waals surface area contributed by atoms with Crippen molar-refractivity contribution in [3.05, 3.63) is 47.3 Å². The predicted molar refractivity (Wildman–Crippen MR) is 109 cm³/mol. The van der Waals surface area contributed by atoms with Crippen molar-refractivity contribution in [1.29, 1.82) is 0 Å². The number of amides is 2. The molecule has 2 aromatic rings. The molecule has 1 aliphatic carbocycles. The predicted octanol–water partition coefficient (Wildman–Crippen LogP) is 2.60. The second-order valence-electron chi connectivity index (χ2n) is 8.04. The van der Waals surface area contributed by atoms with Gasteiger partial charge in [-0.25, -0.2) is 0 Å². The van der Waals surface area contributed by atoms with Crippen molar-refractivity contribution in [3.63, 3.8) is 0 Å². The SMILES string of the molecule is COc1ccccc1CC(=O)N1CCN(C(=O)c2cc(C3CC3)[nH]n2)[C@@H](C)[C@H]1C. The van der Waals surface area contributed by atoms with Crippen molar-refractivity contribution in [2.75, 3.05) is 20.2 Å². The quantitative estimate of drug-likeness (QED) is 0.843. The monoisotopic (exact) mass is 396 g/mol. The highest BCUT2D eigenvalue weighted by Crippen LogP contribution is 2.39. The number of rotatable bonds is 5. The fraction of sp³-hybridized carbons (Fsp3) is 0.500. The number of methoxy groups -OCH3 is 1. The minimum Gasteiger partial charge on any atom is -0.496 e. The van der Waals surface area contributed by atoms with E-state index in [9.17, 15) is 9.59 Å². The topological polar surface area (TPSA) is 78.5 Å². The smallest absolute Gasteiger partial charge is 0.274 e. The summed E-state index contributed by atoms with van der Waals surface area (Å²) in [5, 5.41) is 7.24. The maximum Gasteiger partial charge on any atom is 0.274 e. The molecule has 154 valence electrons. The maximum absolute atomic E-state index is 13.0. The van der Waals surface area contributed by atoms with E-state index in [2.05, 4.69) is 10.2 Å². The Morgan fingerprint density at radius 2 is 1.83 bits per heavy atom. The Morgan fingerprint density at radius 1 is 1.14 bits per heavy atom. The van der Waals surface area contributed by atoms with Gasteiger partial charge in [0.15, 0.2) is 0 Å². The van der Waals surface area contributed by atoms with Gasteiger partial charge in [-0.05, 0) is 38.8 Å². The zero-order chi connectivity index (χ0) is 20.5. The van der Waals surface area contributed by atoms with Gasteiger partial charge in [0.05, 0.1) is 13.5 Å². The van der Waals surface area contributed by atoms with E-state index in [1.54, 1.807) is 7.11 Å². The van der Waals surface area contributed by atoms with Crippen molar-refractivity contribution in [2.45, 2.75) is 51.1 Å². The number of benzene rings is 1. The van der Waals surface area contributed by atoms with Gasteiger partial charge in [-0.1, -0.05) is 18.2 Å². The number of hydrogen-bond acceptors (Lipinski definition) is 4. The fourth-order valence-corrected chi connectivity index (χ4v) is 4.09. The van der Waals surface area contributed by atoms with Crippen molar-refractivity contribution in [3.8, 4) is 5.75 Å². The number of para-hydroxylation sites is 1. The molecule has 2 fully saturated rings. The van der Waals surface area contributed by atoms with E-state index in [4.69, 9.17) is 4.74 Å². The highest BCUT2D eigenvalue weighted by Gasteiger charge is 2.37. The van der Waals surface area contributed by atoms with Crippen LogP contribution in [0.3, 0.4) is 0 Å². The molecule has 1 N–H and O–H groups in total. The molecule has 1 saturated carbocycles. The number of nitrogens with one attached hydrogen (secondary N) is 1. The molecule has 2 atom stereocenters. The van der Waals surface area contributed by atoms with E-state index >= 15 is 0 Å². The van der Waals surface area contributed by atoms with Crippen LogP contribution in [0.25, 0.3) is 0 Å². The van der Waals surface area contributed by atoms with Crippen LogP contribution < -0.4 is 4.74 Å². The minimum atomic E-state index is -0.0843. The Bertz CT molecular complexity index is 905. The molecule has 29 heavy (non-hydrogen) atoms. The van der Waals surface area contributed by atoms with Crippen LogP contribution in [0.1, 0.15) is 54.4 Å². The molecule has 1 aliphatic heterocycles. The average molecular weight is 396 g/mol. The summed E-state index contributed by atoms with van der Waals surface area (Å²) in [5.41, 5.74) is 2.40. The highest BCUT2D eigenvalue weighted by atomic mass is 16.5. The first-order chi connectivity index (χ1) is 14.0.